The first-order valence-corrected chi connectivity index (χ1v) is 37.5. The molecule has 536 valence electrons. The van der Waals surface area contributed by atoms with Gasteiger partial charge in [0.25, 0.3) is 11.8 Å². The van der Waals surface area contributed by atoms with Crippen LogP contribution in [0.2, 0.25) is 0 Å². The Hall–Kier alpha value is -6.02. The zero-order chi connectivity index (χ0) is 71.0. The summed E-state index contributed by atoms with van der Waals surface area (Å²) >= 11 is 0. The maximum atomic E-state index is 11.6. The number of rotatable bonds is 25. The molecule has 3 aliphatic heterocycles. The molecule has 0 spiro atoms. The summed E-state index contributed by atoms with van der Waals surface area (Å²) in [5.41, 5.74) is 31.1. The molecule has 8 rings (SSSR count). The van der Waals surface area contributed by atoms with Crippen LogP contribution in [0.25, 0.3) is 0 Å². The molecule has 0 aromatic heterocycles. The number of carbonyl (C=O) groups excluding carboxylic acids is 3. The predicted molar refractivity (Wildman–Crippen MR) is 403 cm³/mol. The average molecular weight is 1350 g/mol. The molecule has 16 nitrogen and oxygen atoms in total. The monoisotopic (exact) mass is 1340 g/mol. The van der Waals surface area contributed by atoms with Crippen LogP contribution in [0.4, 0.5) is 5.69 Å². The van der Waals surface area contributed by atoms with E-state index in [1.807, 2.05) is 71.6 Å². The normalized spacial score (nSPS) is 14.9. The number of hydrogen-bond acceptors (Lipinski definition) is 12. The molecule has 3 fully saturated rings. The molecule has 17 heteroatoms. The van der Waals surface area contributed by atoms with Gasteiger partial charge in [-0.15, -0.1) is 0 Å². The fraction of sp³-hybridized carbons (Fsp3) is 0.582. The Balaban J connectivity index is 0.000000307. The topological polar surface area (TPSA) is 244 Å². The van der Waals surface area contributed by atoms with Crippen molar-refractivity contribution in [1.82, 2.24) is 25.3 Å². The van der Waals surface area contributed by atoms with E-state index < -0.39 is 10.0 Å². The van der Waals surface area contributed by atoms with Gasteiger partial charge >= 0.3 is 0 Å². The molecular formula is C79H128N10O6S. The highest BCUT2D eigenvalue weighted by molar-refractivity contribution is 7.92. The first-order chi connectivity index (χ1) is 45.8. The molecule has 5 aromatic rings. The van der Waals surface area contributed by atoms with Crippen LogP contribution in [0.15, 0.2) is 127 Å². The van der Waals surface area contributed by atoms with E-state index >= 15 is 0 Å². The number of carbonyl (C=O) groups is 3. The minimum Gasteiger partial charge on any atom is -0.375 e. The van der Waals surface area contributed by atoms with Gasteiger partial charge in [-0.3, -0.25) is 19.1 Å². The Morgan fingerprint density at radius 3 is 1.36 bits per heavy atom. The molecule has 0 aliphatic carbocycles. The summed E-state index contributed by atoms with van der Waals surface area (Å²) in [4.78, 5) is 41.6. The lowest BCUT2D eigenvalue weighted by Crippen LogP contribution is -2.40. The molecule has 0 unspecified atom stereocenters. The third kappa shape index (κ3) is 34.0. The number of anilines is 1. The van der Waals surface area contributed by atoms with Crippen LogP contribution in [0.5, 0.6) is 0 Å². The second-order valence-corrected chi connectivity index (χ2v) is 29.7. The third-order valence-electron chi connectivity index (χ3n) is 18.2. The number of likely N-dealkylation sites (tertiary alicyclic amines) is 3. The molecule has 0 bridgehead atoms. The number of amides is 3. The predicted octanol–water partition coefficient (Wildman–Crippen LogP) is 13.3. The molecular weight excluding hydrogens is 1220 g/mol. The standard InChI is InChI=1S/C23H31NO.C13H20N2O.C12H18N2O.C11H18N2O2S.C11H22N2O.C9H19N/c1-19(2)21-8-10-22(11-9-21)23-12-14-24(15-13-23)16-17-25-18-20-6-4-3-5-7-20;1-10(2)11-4-6-12(7-5-11)13(16)15-9-3-8-14;1-9(2)10-3-5-11(6-4-10)12(15)14-8-7-13;1-9(2)10-3-5-11(6-4-10)13-16(14,15)8-7-12;1-9(2)10-4-7-13(8-5-10)11(14)3-6-12;1-8(2)9-4-6-10(3)7-5-9/h3-11,19,23H,12-18H2,1-2H3;4-7,10H,3,8-9,14H2,1-2H3,(H,15,16);3-6,9H,7-8,13H2,1-2H3,(H,14,15);3-6,9,13H,7-8,12H2,1-2H3;9-10H,3-8,12H2,1-2H3;8-9H,4-7H2,1-3H3. The molecule has 3 saturated heterocycles. The summed E-state index contributed by atoms with van der Waals surface area (Å²) in [5, 5.41) is 5.56. The fourth-order valence-corrected chi connectivity index (χ4v) is 12.4. The number of ether oxygens (including phenoxy) is 1. The fourth-order valence-electron chi connectivity index (χ4n) is 11.4. The Bertz CT molecular complexity index is 2960. The largest absolute Gasteiger partial charge is 0.375 e. The molecule has 11 N–H and O–H groups in total. The summed E-state index contributed by atoms with van der Waals surface area (Å²) in [6.07, 6.45) is 8.99. The summed E-state index contributed by atoms with van der Waals surface area (Å²) < 4.78 is 31.2. The molecule has 0 radical (unpaired) electrons. The SMILES string of the molecule is CC(C)C1CCN(C(=O)CCN)CC1.CC(C)C1CCN(C)CC1.CC(C)c1ccc(C(=O)NCCCN)cc1.CC(C)c1ccc(C(=O)NCCN)cc1.CC(C)c1ccc(C2CCN(CCOCc3ccccc3)CC2)cc1.CC(C)c1ccc(NS(=O)(=O)CCN)cc1. The van der Waals surface area contributed by atoms with Crippen LogP contribution in [-0.4, -0.2) is 145 Å². The second kappa shape index (κ2) is 47.1. The van der Waals surface area contributed by atoms with Crippen molar-refractivity contribution in [1.29, 1.82) is 0 Å². The Morgan fingerprint density at radius 1 is 0.510 bits per heavy atom. The summed E-state index contributed by atoms with van der Waals surface area (Å²) in [5.74, 6) is 6.31. The van der Waals surface area contributed by atoms with Crippen LogP contribution in [-0.2, 0) is 26.2 Å². The third-order valence-corrected chi connectivity index (χ3v) is 19.6. The number of piperidine rings is 3. The van der Waals surface area contributed by atoms with Gasteiger partial charge in [-0.1, -0.05) is 174 Å². The van der Waals surface area contributed by atoms with Gasteiger partial charge in [0.15, 0.2) is 0 Å². The highest BCUT2D eigenvalue weighted by Crippen LogP contribution is 2.30. The lowest BCUT2D eigenvalue weighted by molar-refractivity contribution is -0.132. The average Bonchev–Trinajstić information content (AvgIpc) is 1.34. The highest BCUT2D eigenvalue weighted by atomic mass is 32.2. The maximum Gasteiger partial charge on any atom is 0.251 e. The van der Waals surface area contributed by atoms with Crippen LogP contribution >= 0.6 is 0 Å². The van der Waals surface area contributed by atoms with E-state index in [0.717, 1.165) is 81.7 Å². The summed E-state index contributed by atoms with van der Waals surface area (Å²) in [6.45, 7) is 38.7. The van der Waals surface area contributed by atoms with E-state index in [1.165, 1.54) is 85.2 Å². The first-order valence-electron chi connectivity index (χ1n) is 35.9. The highest BCUT2D eigenvalue weighted by Gasteiger charge is 2.25. The second-order valence-electron chi connectivity index (χ2n) is 27.8. The number of hydrogen-bond donors (Lipinski definition) is 7. The first kappa shape index (κ1) is 84.2. The van der Waals surface area contributed by atoms with Gasteiger partial charge in [0, 0.05) is 75.6 Å². The zero-order valence-electron chi connectivity index (χ0n) is 61.3. The molecule has 3 aliphatic rings. The van der Waals surface area contributed by atoms with Crippen LogP contribution in [0.1, 0.15) is 218 Å². The van der Waals surface area contributed by atoms with Crippen molar-refractivity contribution in [3.05, 3.63) is 172 Å². The van der Waals surface area contributed by atoms with Gasteiger partial charge in [0.1, 0.15) is 0 Å². The van der Waals surface area contributed by atoms with Gasteiger partial charge in [-0.05, 0) is 208 Å². The van der Waals surface area contributed by atoms with Crippen LogP contribution in [0.3, 0.4) is 0 Å². The van der Waals surface area contributed by atoms with Crippen molar-refractivity contribution < 1.29 is 27.5 Å². The van der Waals surface area contributed by atoms with E-state index in [-0.39, 0.29) is 30.0 Å². The smallest absolute Gasteiger partial charge is 0.251 e. The van der Waals surface area contributed by atoms with E-state index in [2.05, 4.69) is 164 Å². The van der Waals surface area contributed by atoms with Crippen LogP contribution < -0.4 is 38.3 Å². The lowest BCUT2D eigenvalue weighted by Gasteiger charge is -2.33. The zero-order valence-corrected chi connectivity index (χ0v) is 62.1. The van der Waals surface area contributed by atoms with Crippen molar-refractivity contribution in [3.8, 4) is 0 Å². The summed E-state index contributed by atoms with van der Waals surface area (Å²) in [7, 11) is -1.07. The molecule has 0 saturated carbocycles. The van der Waals surface area contributed by atoms with Crippen molar-refractivity contribution >= 4 is 33.4 Å². The quantitative estimate of drug-likeness (QED) is 0.0270. The number of sulfonamides is 1. The van der Waals surface area contributed by atoms with Gasteiger partial charge in [-0.25, -0.2) is 8.42 Å². The van der Waals surface area contributed by atoms with Gasteiger partial charge in [-0.2, -0.15) is 0 Å². The van der Waals surface area contributed by atoms with E-state index in [0.29, 0.717) is 79.6 Å². The van der Waals surface area contributed by atoms with Gasteiger partial charge < -0.3 is 53.0 Å². The number of nitrogens with zero attached hydrogens (tertiary/aromatic N) is 3. The Morgan fingerprint density at radius 2 is 0.948 bits per heavy atom. The van der Waals surface area contributed by atoms with E-state index in [9.17, 15) is 22.8 Å². The number of nitrogens with two attached hydrogens (primary N) is 4. The summed E-state index contributed by atoms with van der Waals surface area (Å²) in [6, 6.07) is 42.5. The van der Waals surface area contributed by atoms with Gasteiger partial charge in [0.2, 0.25) is 15.9 Å². The van der Waals surface area contributed by atoms with E-state index in [1.54, 1.807) is 12.1 Å². The molecule has 96 heavy (non-hydrogen) atoms. The van der Waals surface area contributed by atoms with Crippen LogP contribution in [0, 0.1) is 23.7 Å². The number of nitrogens with one attached hydrogen (secondary N) is 3. The number of benzene rings is 5. The minimum absolute atomic E-state index is 0.0243. The Labute approximate surface area is 581 Å². The molecule has 3 amide bonds. The van der Waals surface area contributed by atoms with Crippen molar-refractivity contribution in [2.24, 2.45) is 46.6 Å². The van der Waals surface area contributed by atoms with Crippen molar-refractivity contribution in [3.63, 3.8) is 0 Å². The minimum atomic E-state index is -3.29. The van der Waals surface area contributed by atoms with E-state index in [4.69, 9.17) is 27.7 Å². The lowest BCUT2D eigenvalue weighted by atomic mass is 9.86. The Kier molecular flexibility index (Phi) is 41.3. The van der Waals surface area contributed by atoms with Crippen molar-refractivity contribution in [2.45, 2.75) is 171 Å². The molecule has 0 atom stereocenters. The molecule has 5 aromatic carbocycles. The molecule has 3 heterocycles. The van der Waals surface area contributed by atoms with Crippen molar-refractivity contribution in [2.75, 3.05) is 109 Å². The van der Waals surface area contributed by atoms with Gasteiger partial charge in [0.05, 0.1) is 19.0 Å². The maximum absolute atomic E-state index is 11.6.